The van der Waals surface area contributed by atoms with Crippen LogP contribution in [-0.2, 0) is 6.54 Å². The highest BCUT2D eigenvalue weighted by atomic mass is 16.3. The molecule has 0 fully saturated rings. The number of urea groups is 1. The summed E-state index contributed by atoms with van der Waals surface area (Å²) in [6.07, 6.45) is 4.21. The molecule has 0 saturated heterocycles. The molecule has 6 nitrogen and oxygen atoms in total. The maximum atomic E-state index is 12.0. The first-order chi connectivity index (χ1) is 8.72. The van der Waals surface area contributed by atoms with Gasteiger partial charge in [0.25, 0.3) is 0 Å². The van der Waals surface area contributed by atoms with Gasteiger partial charge in [0.05, 0.1) is 12.8 Å². The van der Waals surface area contributed by atoms with Crippen LogP contribution in [0.5, 0.6) is 0 Å². The average molecular weight is 252 g/mol. The zero-order valence-corrected chi connectivity index (χ0v) is 10.7. The Bertz CT molecular complexity index is 389. The number of carbonyl (C=O) groups is 1. The molecule has 100 valence electrons. The number of hydrogen-bond donors (Lipinski definition) is 2. The highest BCUT2D eigenvalue weighted by Gasteiger charge is 2.13. The lowest BCUT2D eigenvalue weighted by molar-refractivity contribution is 0.195. The van der Waals surface area contributed by atoms with Crippen molar-refractivity contribution in [3.05, 3.63) is 24.9 Å². The Balaban J connectivity index is 2.66. The van der Waals surface area contributed by atoms with Crippen LogP contribution in [0.15, 0.2) is 24.9 Å². The van der Waals surface area contributed by atoms with Crippen molar-refractivity contribution in [2.75, 3.05) is 25.0 Å². The van der Waals surface area contributed by atoms with E-state index in [2.05, 4.69) is 17.0 Å². The molecule has 0 atom stereocenters. The van der Waals surface area contributed by atoms with Crippen molar-refractivity contribution in [1.29, 1.82) is 0 Å². The molecule has 0 saturated carbocycles. The first-order valence-corrected chi connectivity index (χ1v) is 6.02. The Morgan fingerprint density at radius 1 is 1.72 bits per heavy atom. The largest absolute Gasteiger partial charge is 0.395 e. The first kappa shape index (κ1) is 14.2. The van der Waals surface area contributed by atoms with E-state index in [4.69, 9.17) is 5.11 Å². The van der Waals surface area contributed by atoms with Gasteiger partial charge in [0, 0.05) is 25.7 Å². The van der Waals surface area contributed by atoms with Crippen molar-refractivity contribution in [3.8, 4) is 0 Å². The summed E-state index contributed by atoms with van der Waals surface area (Å²) in [6, 6.07) is 1.49. The highest BCUT2D eigenvalue weighted by molar-refractivity contribution is 5.88. The molecule has 0 unspecified atom stereocenters. The molecular formula is C12H20N4O2. The fourth-order valence-corrected chi connectivity index (χ4v) is 1.57. The van der Waals surface area contributed by atoms with Gasteiger partial charge in [-0.3, -0.25) is 5.32 Å². The van der Waals surface area contributed by atoms with Gasteiger partial charge in [0.1, 0.15) is 5.82 Å². The highest BCUT2D eigenvalue weighted by Crippen LogP contribution is 2.08. The van der Waals surface area contributed by atoms with Crippen molar-refractivity contribution in [1.82, 2.24) is 14.7 Å². The molecule has 2 N–H and O–H groups in total. The van der Waals surface area contributed by atoms with E-state index in [1.54, 1.807) is 23.0 Å². The Kier molecular flexibility index (Phi) is 5.93. The van der Waals surface area contributed by atoms with Gasteiger partial charge in [0.2, 0.25) is 0 Å². The van der Waals surface area contributed by atoms with E-state index >= 15 is 0 Å². The van der Waals surface area contributed by atoms with Crippen molar-refractivity contribution in [3.63, 3.8) is 0 Å². The molecule has 0 aliphatic carbocycles. The van der Waals surface area contributed by atoms with E-state index in [1.165, 1.54) is 4.90 Å². The Labute approximate surface area is 107 Å². The molecule has 1 aromatic rings. The first-order valence-electron chi connectivity index (χ1n) is 6.02. The average Bonchev–Trinajstić information content (AvgIpc) is 2.77. The predicted molar refractivity (Wildman–Crippen MR) is 70.4 cm³/mol. The van der Waals surface area contributed by atoms with Gasteiger partial charge in [-0.1, -0.05) is 13.0 Å². The van der Waals surface area contributed by atoms with Gasteiger partial charge in [-0.15, -0.1) is 6.58 Å². The number of aryl methyl sites for hydroxylation is 1. The van der Waals surface area contributed by atoms with E-state index in [0.717, 1.165) is 13.0 Å². The second kappa shape index (κ2) is 7.50. The summed E-state index contributed by atoms with van der Waals surface area (Å²) in [5, 5.41) is 15.8. The van der Waals surface area contributed by atoms with Crippen molar-refractivity contribution in [2.45, 2.75) is 19.9 Å². The van der Waals surface area contributed by atoms with Crippen LogP contribution in [0.25, 0.3) is 0 Å². The standard InChI is InChI=1S/C12H20N4O2/c1-3-7-15(9-10-17)12(18)14-11-5-6-13-16(11)8-4-2/h3,5-6,17H,1,4,7-10H2,2H3,(H,14,18). The minimum absolute atomic E-state index is 0.0739. The number of carbonyl (C=O) groups excluding carboxylic acids is 1. The number of anilines is 1. The van der Waals surface area contributed by atoms with Crippen molar-refractivity contribution >= 4 is 11.8 Å². The second-order valence-corrected chi connectivity index (χ2v) is 3.83. The third kappa shape index (κ3) is 3.89. The molecule has 1 aromatic heterocycles. The predicted octanol–water partition coefficient (Wildman–Crippen LogP) is 1.31. The Morgan fingerprint density at radius 2 is 2.50 bits per heavy atom. The van der Waals surface area contributed by atoms with E-state index in [-0.39, 0.29) is 19.2 Å². The quantitative estimate of drug-likeness (QED) is 0.719. The van der Waals surface area contributed by atoms with Crippen LogP contribution in [0.4, 0.5) is 10.6 Å². The van der Waals surface area contributed by atoms with Gasteiger partial charge in [0.15, 0.2) is 0 Å². The number of nitrogens with one attached hydrogen (secondary N) is 1. The van der Waals surface area contributed by atoms with Crippen LogP contribution < -0.4 is 5.32 Å². The molecule has 18 heavy (non-hydrogen) atoms. The molecule has 2 amide bonds. The van der Waals surface area contributed by atoms with Crippen LogP contribution in [0.1, 0.15) is 13.3 Å². The normalized spacial score (nSPS) is 10.1. The fraction of sp³-hybridized carbons (Fsp3) is 0.500. The van der Waals surface area contributed by atoms with Gasteiger partial charge < -0.3 is 10.0 Å². The maximum absolute atomic E-state index is 12.0. The van der Waals surface area contributed by atoms with Crippen molar-refractivity contribution in [2.24, 2.45) is 0 Å². The Morgan fingerprint density at radius 3 is 3.11 bits per heavy atom. The lowest BCUT2D eigenvalue weighted by Crippen LogP contribution is -2.37. The third-order valence-electron chi connectivity index (χ3n) is 2.39. The number of rotatable bonds is 7. The summed E-state index contributed by atoms with van der Waals surface area (Å²) in [4.78, 5) is 13.4. The second-order valence-electron chi connectivity index (χ2n) is 3.83. The van der Waals surface area contributed by atoms with Crippen LogP contribution in [0.2, 0.25) is 0 Å². The molecule has 0 aromatic carbocycles. The minimum atomic E-state index is -0.262. The lowest BCUT2D eigenvalue weighted by Gasteiger charge is -2.20. The van der Waals surface area contributed by atoms with Gasteiger partial charge in [-0.2, -0.15) is 5.10 Å². The van der Waals surface area contributed by atoms with E-state index in [9.17, 15) is 4.79 Å². The van der Waals surface area contributed by atoms with E-state index in [1.807, 2.05) is 6.92 Å². The van der Waals surface area contributed by atoms with Crippen LogP contribution in [0, 0.1) is 0 Å². The fourth-order valence-electron chi connectivity index (χ4n) is 1.57. The van der Waals surface area contributed by atoms with Crippen LogP contribution in [0.3, 0.4) is 0 Å². The molecule has 0 bridgehead atoms. The zero-order chi connectivity index (χ0) is 13.4. The van der Waals surface area contributed by atoms with Gasteiger partial charge in [-0.25, -0.2) is 9.48 Å². The summed E-state index contributed by atoms with van der Waals surface area (Å²) in [5.74, 6) is 0.661. The number of hydrogen-bond acceptors (Lipinski definition) is 3. The van der Waals surface area contributed by atoms with Crippen molar-refractivity contribution < 1.29 is 9.90 Å². The number of nitrogens with zero attached hydrogens (tertiary/aromatic N) is 3. The molecule has 0 spiro atoms. The van der Waals surface area contributed by atoms with Gasteiger partial charge >= 0.3 is 6.03 Å². The summed E-state index contributed by atoms with van der Waals surface area (Å²) < 4.78 is 1.74. The summed E-state index contributed by atoms with van der Waals surface area (Å²) in [6.45, 7) is 6.99. The van der Waals surface area contributed by atoms with Crippen LogP contribution in [-0.4, -0.2) is 45.5 Å². The molecule has 1 heterocycles. The topological polar surface area (TPSA) is 70.4 Å². The van der Waals surface area contributed by atoms with Gasteiger partial charge in [-0.05, 0) is 6.42 Å². The summed E-state index contributed by atoms with van der Waals surface area (Å²) >= 11 is 0. The summed E-state index contributed by atoms with van der Waals surface area (Å²) in [7, 11) is 0. The third-order valence-corrected chi connectivity index (χ3v) is 2.39. The van der Waals surface area contributed by atoms with E-state index in [0.29, 0.717) is 12.4 Å². The number of amides is 2. The molecule has 0 aliphatic heterocycles. The van der Waals surface area contributed by atoms with Crippen LogP contribution >= 0.6 is 0 Å². The lowest BCUT2D eigenvalue weighted by atomic mass is 10.4. The number of aliphatic hydroxyl groups is 1. The number of aromatic nitrogens is 2. The molecular weight excluding hydrogens is 232 g/mol. The molecule has 0 radical (unpaired) electrons. The molecule has 1 rings (SSSR count). The summed E-state index contributed by atoms with van der Waals surface area (Å²) in [5.41, 5.74) is 0. The smallest absolute Gasteiger partial charge is 0.323 e. The molecule has 6 heteroatoms. The minimum Gasteiger partial charge on any atom is -0.395 e. The Hall–Kier alpha value is -1.82. The maximum Gasteiger partial charge on any atom is 0.323 e. The monoisotopic (exact) mass is 252 g/mol. The zero-order valence-electron chi connectivity index (χ0n) is 10.7. The SMILES string of the molecule is C=CCN(CCO)C(=O)Nc1ccnn1CCC. The van der Waals surface area contributed by atoms with E-state index < -0.39 is 0 Å². The molecule has 0 aliphatic rings. The number of aliphatic hydroxyl groups excluding tert-OH is 1.